The SMILES string of the molecule is COc1ccc(CCNC(=O)c2ccc3c(=O)n4c(nc3c2)CCCCC4)cc1. The Morgan fingerprint density at radius 3 is 2.76 bits per heavy atom. The second kappa shape index (κ2) is 8.47. The molecule has 1 aromatic heterocycles. The Bertz CT molecular complexity index is 1090. The van der Waals surface area contributed by atoms with E-state index < -0.39 is 0 Å². The zero-order chi connectivity index (χ0) is 20.2. The summed E-state index contributed by atoms with van der Waals surface area (Å²) in [5.41, 5.74) is 2.25. The van der Waals surface area contributed by atoms with Gasteiger partial charge in [0, 0.05) is 25.1 Å². The molecular weight excluding hydrogens is 366 g/mol. The molecule has 1 aliphatic heterocycles. The summed E-state index contributed by atoms with van der Waals surface area (Å²) in [5, 5.41) is 3.52. The molecule has 0 unspecified atom stereocenters. The van der Waals surface area contributed by atoms with Crippen LogP contribution in [-0.4, -0.2) is 29.1 Å². The Morgan fingerprint density at radius 1 is 1.14 bits per heavy atom. The van der Waals surface area contributed by atoms with Gasteiger partial charge in [0.1, 0.15) is 11.6 Å². The van der Waals surface area contributed by atoms with Gasteiger partial charge in [-0.05, 0) is 55.2 Å². The molecule has 3 aromatic rings. The van der Waals surface area contributed by atoms with Gasteiger partial charge in [0.2, 0.25) is 0 Å². The molecule has 6 heteroatoms. The van der Waals surface area contributed by atoms with Crippen molar-refractivity contribution in [3.63, 3.8) is 0 Å². The lowest BCUT2D eigenvalue weighted by Crippen LogP contribution is -2.27. The number of benzene rings is 2. The van der Waals surface area contributed by atoms with Gasteiger partial charge in [-0.1, -0.05) is 18.6 Å². The summed E-state index contributed by atoms with van der Waals surface area (Å²) in [5.74, 6) is 1.49. The Hall–Kier alpha value is -3.15. The zero-order valence-electron chi connectivity index (χ0n) is 16.6. The van der Waals surface area contributed by atoms with Crippen LogP contribution in [0.4, 0.5) is 0 Å². The number of hydrogen-bond acceptors (Lipinski definition) is 4. The fourth-order valence-electron chi connectivity index (χ4n) is 3.77. The third-order valence-corrected chi connectivity index (χ3v) is 5.44. The monoisotopic (exact) mass is 391 g/mol. The highest BCUT2D eigenvalue weighted by Crippen LogP contribution is 2.16. The molecule has 1 N–H and O–H groups in total. The molecule has 0 aliphatic carbocycles. The lowest BCUT2D eigenvalue weighted by molar-refractivity contribution is 0.0954. The molecule has 0 atom stereocenters. The van der Waals surface area contributed by atoms with Crippen molar-refractivity contribution in [2.24, 2.45) is 0 Å². The van der Waals surface area contributed by atoms with Gasteiger partial charge in [-0.15, -0.1) is 0 Å². The van der Waals surface area contributed by atoms with Gasteiger partial charge in [0.05, 0.1) is 18.0 Å². The Morgan fingerprint density at radius 2 is 1.97 bits per heavy atom. The maximum Gasteiger partial charge on any atom is 0.261 e. The van der Waals surface area contributed by atoms with E-state index in [2.05, 4.69) is 5.32 Å². The zero-order valence-corrected chi connectivity index (χ0v) is 16.6. The predicted octanol–water partition coefficient (Wildman–Crippen LogP) is 3.10. The summed E-state index contributed by atoms with van der Waals surface area (Å²) in [7, 11) is 1.64. The standard InChI is InChI=1S/C23H25N3O3/c1-29-18-9-6-16(7-10-18)12-13-24-22(27)17-8-11-19-20(15-17)25-21-5-3-2-4-14-26(21)23(19)28/h6-11,15H,2-5,12-14H2,1H3,(H,24,27). The summed E-state index contributed by atoms with van der Waals surface area (Å²) in [6, 6.07) is 13.0. The summed E-state index contributed by atoms with van der Waals surface area (Å²) < 4.78 is 6.95. The minimum Gasteiger partial charge on any atom is -0.497 e. The third kappa shape index (κ3) is 4.16. The molecule has 6 nitrogen and oxygen atoms in total. The number of methoxy groups -OCH3 is 1. The minimum atomic E-state index is -0.155. The predicted molar refractivity (Wildman–Crippen MR) is 113 cm³/mol. The maximum atomic E-state index is 12.8. The summed E-state index contributed by atoms with van der Waals surface area (Å²) in [6.07, 6.45) is 4.71. The minimum absolute atomic E-state index is 0.00151. The maximum absolute atomic E-state index is 12.8. The number of nitrogens with zero attached hydrogens (tertiary/aromatic N) is 2. The van der Waals surface area contributed by atoms with Crippen LogP contribution in [0, 0.1) is 0 Å². The van der Waals surface area contributed by atoms with E-state index in [0.717, 1.165) is 55.8 Å². The first kappa shape index (κ1) is 19.2. The largest absolute Gasteiger partial charge is 0.497 e. The number of hydrogen-bond donors (Lipinski definition) is 1. The molecule has 0 saturated carbocycles. The first-order valence-corrected chi connectivity index (χ1v) is 10.1. The fourth-order valence-corrected chi connectivity index (χ4v) is 3.77. The van der Waals surface area contributed by atoms with Crippen molar-refractivity contribution in [2.45, 2.75) is 38.6 Å². The Kier molecular flexibility index (Phi) is 5.60. The number of ether oxygens (including phenoxy) is 1. The van der Waals surface area contributed by atoms with Crippen LogP contribution in [0.3, 0.4) is 0 Å². The second-order valence-corrected chi connectivity index (χ2v) is 7.38. The van der Waals surface area contributed by atoms with E-state index in [1.165, 1.54) is 0 Å². The van der Waals surface area contributed by atoms with Crippen LogP contribution in [0.2, 0.25) is 0 Å². The topological polar surface area (TPSA) is 73.2 Å². The van der Waals surface area contributed by atoms with E-state index in [0.29, 0.717) is 23.0 Å². The van der Waals surface area contributed by atoms with Gasteiger partial charge in [0.25, 0.3) is 11.5 Å². The first-order valence-electron chi connectivity index (χ1n) is 10.1. The highest BCUT2D eigenvalue weighted by Gasteiger charge is 2.15. The van der Waals surface area contributed by atoms with Crippen LogP contribution < -0.4 is 15.6 Å². The number of rotatable bonds is 5. The molecule has 0 spiro atoms. The molecular formula is C23H25N3O3. The van der Waals surface area contributed by atoms with Crippen molar-refractivity contribution in [1.82, 2.24) is 14.9 Å². The molecule has 0 bridgehead atoms. The molecule has 4 rings (SSSR count). The Balaban J connectivity index is 1.48. The molecule has 29 heavy (non-hydrogen) atoms. The number of aryl methyl sites for hydroxylation is 1. The molecule has 2 heterocycles. The van der Waals surface area contributed by atoms with Crippen LogP contribution in [0.1, 0.15) is 41.0 Å². The number of carbonyl (C=O) groups is 1. The van der Waals surface area contributed by atoms with Crippen LogP contribution in [0.25, 0.3) is 10.9 Å². The van der Waals surface area contributed by atoms with Crippen molar-refractivity contribution in [2.75, 3.05) is 13.7 Å². The van der Waals surface area contributed by atoms with Gasteiger partial charge >= 0.3 is 0 Å². The average molecular weight is 391 g/mol. The molecule has 1 aliphatic rings. The Labute approximate surface area is 169 Å². The molecule has 2 aromatic carbocycles. The number of nitrogens with one attached hydrogen (secondary N) is 1. The molecule has 0 fully saturated rings. The number of amides is 1. The van der Waals surface area contributed by atoms with Crippen molar-refractivity contribution >= 4 is 16.8 Å². The van der Waals surface area contributed by atoms with Crippen LogP contribution in [-0.2, 0) is 19.4 Å². The lowest BCUT2D eigenvalue weighted by Gasteiger charge is -2.11. The van der Waals surface area contributed by atoms with Crippen molar-refractivity contribution in [3.8, 4) is 5.75 Å². The molecule has 150 valence electrons. The van der Waals surface area contributed by atoms with Crippen LogP contribution in [0.5, 0.6) is 5.75 Å². The average Bonchev–Trinajstić information content (AvgIpc) is 2.99. The highest BCUT2D eigenvalue weighted by molar-refractivity contribution is 5.97. The summed E-state index contributed by atoms with van der Waals surface area (Å²) >= 11 is 0. The van der Waals surface area contributed by atoms with Crippen LogP contribution in [0.15, 0.2) is 47.3 Å². The summed E-state index contributed by atoms with van der Waals surface area (Å²) in [4.78, 5) is 30.1. The second-order valence-electron chi connectivity index (χ2n) is 7.38. The van der Waals surface area contributed by atoms with E-state index in [1.54, 1.807) is 29.9 Å². The molecule has 1 amide bonds. The fraction of sp³-hybridized carbons (Fsp3) is 0.348. The van der Waals surface area contributed by atoms with E-state index in [9.17, 15) is 9.59 Å². The number of aromatic nitrogens is 2. The van der Waals surface area contributed by atoms with Crippen molar-refractivity contribution < 1.29 is 9.53 Å². The quantitative estimate of drug-likeness (QED) is 0.725. The van der Waals surface area contributed by atoms with E-state index >= 15 is 0 Å². The van der Waals surface area contributed by atoms with Crippen LogP contribution >= 0.6 is 0 Å². The van der Waals surface area contributed by atoms with E-state index in [1.807, 2.05) is 24.3 Å². The molecule has 0 saturated heterocycles. The van der Waals surface area contributed by atoms with E-state index in [-0.39, 0.29) is 11.5 Å². The molecule has 0 radical (unpaired) electrons. The van der Waals surface area contributed by atoms with Gasteiger partial charge in [-0.3, -0.25) is 14.2 Å². The van der Waals surface area contributed by atoms with Gasteiger partial charge in [-0.25, -0.2) is 4.98 Å². The normalized spacial score (nSPS) is 13.6. The third-order valence-electron chi connectivity index (χ3n) is 5.44. The van der Waals surface area contributed by atoms with Crippen molar-refractivity contribution in [1.29, 1.82) is 0 Å². The first-order chi connectivity index (χ1) is 14.2. The smallest absolute Gasteiger partial charge is 0.261 e. The summed E-state index contributed by atoms with van der Waals surface area (Å²) in [6.45, 7) is 1.26. The van der Waals surface area contributed by atoms with Gasteiger partial charge < -0.3 is 10.1 Å². The number of fused-ring (bicyclic) bond motifs is 2. The van der Waals surface area contributed by atoms with Gasteiger partial charge in [-0.2, -0.15) is 0 Å². The lowest BCUT2D eigenvalue weighted by atomic mass is 10.1. The highest BCUT2D eigenvalue weighted by atomic mass is 16.5. The van der Waals surface area contributed by atoms with E-state index in [4.69, 9.17) is 9.72 Å². The van der Waals surface area contributed by atoms with Gasteiger partial charge in [0.15, 0.2) is 0 Å². The number of carbonyl (C=O) groups excluding carboxylic acids is 1. The van der Waals surface area contributed by atoms with Crippen molar-refractivity contribution in [3.05, 3.63) is 69.8 Å².